The van der Waals surface area contributed by atoms with Crippen molar-refractivity contribution < 1.29 is 0 Å². The molecular formula is C17H14N2. The van der Waals surface area contributed by atoms with Crippen LogP contribution in [0.25, 0.3) is 22.2 Å². The van der Waals surface area contributed by atoms with E-state index in [-0.39, 0.29) is 0 Å². The number of aromatic nitrogens is 1. The molecule has 0 radical (unpaired) electrons. The number of hydrogen-bond donors (Lipinski definition) is 1. The number of hydrogen-bond acceptors (Lipinski definition) is 1. The van der Waals surface area contributed by atoms with Crippen LogP contribution in [-0.4, -0.2) is 4.98 Å². The highest BCUT2D eigenvalue weighted by Gasteiger charge is 2.12. The van der Waals surface area contributed by atoms with Crippen molar-refractivity contribution in [3.05, 3.63) is 59.7 Å². The van der Waals surface area contributed by atoms with E-state index in [1.54, 1.807) is 0 Å². The quantitative estimate of drug-likeness (QED) is 0.722. The number of rotatable bonds is 2. The first-order valence-electron chi connectivity index (χ1n) is 6.33. The summed E-state index contributed by atoms with van der Waals surface area (Å²) in [5.74, 6) is 0. The predicted octanol–water partition coefficient (Wildman–Crippen LogP) is 4.21. The molecule has 1 N–H and O–H groups in total. The monoisotopic (exact) mass is 246 g/mol. The first-order chi connectivity index (χ1) is 9.29. The SMILES string of the molecule is Cc1ccc(-c2[nH]c3ccccc3c2CC#N)cc1. The van der Waals surface area contributed by atoms with Crippen molar-refractivity contribution in [2.45, 2.75) is 13.3 Å². The first kappa shape index (κ1) is 11.6. The van der Waals surface area contributed by atoms with Gasteiger partial charge in [0, 0.05) is 10.9 Å². The maximum atomic E-state index is 9.05. The molecule has 0 spiro atoms. The van der Waals surface area contributed by atoms with E-state index in [1.807, 2.05) is 18.2 Å². The zero-order valence-corrected chi connectivity index (χ0v) is 10.8. The average Bonchev–Trinajstić information content (AvgIpc) is 2.79. The van der Waals surface area contributed by atoms with E-state index in [0.29, 0.717) is 6.42 Å². The maximum absolute atomic E-state index is 9.05. The van der Waals surface area contributed by atoms with Gasteiger partial charge in [0.15, 0.2) is 0 Å². The molecule has 0 unspecified atom stereocenters. The molecule has 0 saturated heterocycles. The number of para-hydroxylation sites is 1. The van der Waals surface area contributed by atoms with Gasteiger partial charge in [0.05, 0.1) is 18.2 Å². The number of aromatic amines is 1. The summed E-state index contributed by atoms with van der Waals surface area (Å²) in [5, 5.41) is 10.2. The number of nitrogens with zero attached hydrogens (tertiary/aromatic N) is 1. The van der Waals surface area contributed by atoms with Gasteiger partial charge in [-0.2, -0.15) is 5.26 Å². The number of benzene rings is 2. The minimum absolute atomic E-state index is 0.424. The highest BCUT2D eigenvalue weighted by atomic mass is 14.7. The van der Waals surface area contributed by atoms with Gasteiger partial charge >= 0.3 is 0 Å². The Labute approximate surface area is 112 Å². The fourth-order valence-electron chi connectivity index (χ4n) is 2.43. The third-order valence-electron chi connectivity index (χ3n) is 3.41. The van der Waals surface area contributed by atoms with Crippen molar-refractivity contribution in [1.29, 1.82) is 5.26 Å². The molecule has 0 saturated carbocycles. The van der Waals surface area contributed by atoms with Crippen LogP contribution in [0.2, 0.25) is 0 Å². The van der Waals surface area contributed by atoms with Crippen molar-refractivity contribution >= 4 is 10.9 Å². The summed E-state index contributed by atoms with van der Waals surface area (Å²) in [6.07, 6.45) is 0.424. The smallest absolute Gasteiger partial charge is 0.0670 e. The van der Waals surface area contributed by atoms with Crippen molar-refractivity contribution in [2.24, 2.45) is 0 Å². The molecule has 1 aromatic heterocycles. The second-order valence-corrected chi connectivity index (χ2v) is 4.73. The molecule has 3 aromatic rings. The zero-order chi connectivity index (χ0) is 13.2. The molecule has 92 valence electrons. The Morgan fingerprint density at radius 1 is 1.05 bits per heavy atom. The number of nitrogens with one attached hydrogen (secondary N) is 1. The van der Waals surface area contributed by atoms with E-state index < -0.39 is 0 Å². The summed E-state index contributed by atoms with van der Waals surface area (Å²) in [4.78, 5) is 3.43. The Morgan fingerprint density at radius 3 is 2.53 bits per heavy atom. The molecule has 0 atom stereocenters. The van der Waals surface area contributed by atoms with Gasteiger partial charge < -0.3 is 4.98 Å². The van der Waals surface area contributed by atoms with Crippen molar-refractivity contribution in [1.82, 2.24) is 4.98 Å². The lowest BCUT2D eigenvalue weighted by Gasteiger charge is -2.02. The second kappa shape index (κ2) is 4.62. The lowest BCUT2D eigenvalue weighted by Crippen LogP contribution is -1.86. The van der Waals surface area contributed by atoms with Crippen molar-refractivity contribution in [3.8, 4) is 17.3 Å². The normalized spacial score (nSPS) is 10.5. The summed E-state index contributed by atoms with van der Waals surface area (Å²) in [6, 6.07) is 18.8. The molecule has 19 heavy (non-hydrogen) atoms. The predicted molar refractivity (Wildman–Crippen MR) is 77.8 cm³/mol. The van der Waals surface area contributed by atoms with Gasteiger partial charge in [-0.15, -0.1) is 0 Å². The van der Waals surface area contributed by atoms with Gasteiger partial charge in [0.1, 0.15) is 0 Å². The number of H-pyrrole nitrogens is 1. The van der Waals surface area contributed by atoms with Crippen LogP contribution in [0.4, 0.5) is 0 Å². The maximum Gasteiger partial charge on any atom is 0.0670 e. The lowest BCUT2D eigenvalue weighted by molar-refractivity contribution is 1.27. The van der Waals surface area contributed by atoms with Crippen LogP contribution in [0.3, 0.4) is 0 Å². The van der Waals surface area contributed by atoms with E-state index in [1.165, 1.54) is 5.56 Å². The molecule has 0 amide bonds. The molecule has 3 rings (SSSR count). The zero-order valence-electron chi connectivity index (χ0n) is 10.8. The topological polar surface area (TPSA) is 39.6 Å². The van der Waals surface area contributed by atoms with E-state index in [0.717, 1.165) is 27.7 Å². The fraction of sp³-hybridized carbons (Fsp3) is 0.118. The van der Waals surface area contributed by atoms with Gasteiger partial charge in [0.2, 0.25) is 0 Å². The minimum Gasteiger partial charge on any atom is -0.354 e. The summed E-state index contributed by atoms with van der Waals surface area (Å²) in [7, 11) is 0. The first-order valence-corrected chi connectivity index (χ1v) is 6.33. The van der Waals surface area contributed by atoms with Gasteiger partial charge in [-0.3, -0.25) is 0 Å². The van der Waals surface area contributed by atoms with Crippen LogP contribution in [-0.2, 0) is 6.42 Å². The van der Waals surface area contributed by atoms with E-state index >= 15 is 0 Å². The minimum atomic E-state index is 0.424. The summed E-state index contributed by atoms with van der Waals surface area (Å²) in [6.45, 7) is 2.07. The Morgan fingerprint density at radius 2 is 1.79 bits per heavy atom. The number of aryl methyl sites for hydroxylation is 1. The Bertz CT molecular complexity index is 758. The third kappa shape index (κ3) is 2.00. The molecule has 1 heterocycles. The summed E-state index contributed by atoms with van der Waals surface area (Å²) in [5.41, 5.74) is 5.60. The Kier molecular flexibility index (Phi) is 2.81. The van der Waals surface area contributed by atoms with Crippen LogP contribution in [0.15, 0.2) is 48.5 Å². The van der Waals surface area contributed by atoms with Gasteiger partial charge in [-0.25, -0.2) is 0 Å². The fourth-order valence-corrected chi connectivity index (χ4v) is 2.43. The highest BCUT2D eigenvalue weighted by molar-refractivity contribution is 5.91. The molecule has 0 fully saturated rings. The van der Waals surface area contributed by atoms with Crippen LogP contribution in [0.1, 0.15) is 11.1 Å². The molecule has 0 aliphatic rings. The number of nitriles is 1. The molecule has 2 aromatic carbocycles. The van der Waals surface area contributed by atoms with Gasteiger partial charge in [-0.1, -0.05) is 48.0 Å². The van der Waals surface area contributed by atoms with Crippen LogP contribution < -0.4 is 0 Å². The van der Waals surface area contributed by atoms with Crippen LogP contribution >= 0.6 is 0 Å². The Hall–Kier alpha value is -2.53. The standard InChI is InChI=1S/C17H14N2/c1-12-6-8-13(9-7-12)17-15(10-11-18)14-4-2-3-5-16(14)19-17/h2-9,19H,10H2,1H3. The highest BCUT2D eigenvalue weighted by Crippen LogP contribution is 2.30. The summed E-state index contributed by atoms with van der Waals surface area (Å²) >= 11 is 0. The largest absolute Gasteiger partial charge is 0.354 e. The summed E-state index contributed by atoms with van der Waals surface area (Å²) < 4.78 is 0. The van der Waals surface area contributed by atoms with Crippen LogP contribution in [0, 0.1) is 18.3 Å². The molecule has 2 heteroatoms. The van der Waals surface area contributed by atoms with Gasteiger partial charge in [-0.05, 0) is 24.1 Å². The second-order valence-electron chi connectivity index (χ2n) is 4.73. The third-order valence-corrected chi connectivity index (χ3v) is 3.41. The van der Waals surface area contributed by atoms with Crippen molar-refractivity contribution in [2.75, 3.05) is 0 Å². The van der Waals surface area contributed by atoms with E-state index in [9.17, 15) is 0 Å². The average molecular weight is 246 g/mol. The molecule has 0 aliphatic carbocycles. The van der Waals surface area contributed by atoms with Gasteiger partial charge in [0.25, 0.3) is 0 Å². The molecule has 2 nitrogen and oxygen atoms in total. The van der Waals surface area contributed by atoms with Crippen LogP contribution in [0.5, 0.6) is 0 Å². The molecule has 0 aliphatic heterocycles. The lowest BCUT2D eigenvalue weighted by atomic mass is 10.0. The van der Waals surface area contributed by atoms with E-state index in [4.69, 9.17) is 5.26 Å². The molecular weight excluding hydrogens is 232 g/mol. The molecule has 0 bridgehead atoms. The van der Waals surface area contributed by atoms with E-state index in [2.05, 4.69) is 48.3 Å². The number of fused-ring (bicyclic) bond motifs is 1. The van der Waals surface area contributed by atoms with Crippen molar-refractivity contribution in [3.63, 3.8) is 0 Å². The Balaban J connectivity index is 2.25.